The number of hydrogen-bond donors (Lipinski definition) is 13. The highest BCUT2D eigenvalue weighted by molar-refractivity contribution is 5.96. The van der Waals surface area contributed by atoms with Crippen molar-refractivity contribution in [3.05, 3.63) is 42.1 Å². The molecule has 1 aromatic rings. The Bertz CT molecular complexity index is 2500. The van der Waals surface area contributed by atoms with E-state index in [0.29, 0.717) is 77.5 Å². The lowest BCUT2D eigenvalue weighted by Crippen LogP contribution is -2.61. The van der Waals surface area contributed by atoms with Gasteiger partial charge in [-0.2, -0.15) is 0 Å². The van der Waals surface area contributed by atoms with Crippen molar-refractivity contribution in [3.63, 3.8) is 0 Å². The number of primary amides is 1. The first-order valence-corrected chi connectivity index (χ1v) is 34.3. The summed E-state index contributed by atoms with van der Waals surface area (Å²) >= 11 is 0. The number of ketones is 1. The molecule has 0 saturated carbocycles. The van der Waals surface area contributed by atoms with E-state index >= 15 is 0 Å². The zero-order chi connectivity index (χ0) is 71.4. The second kappa shape index (κ2) is 46.0. The van der Waals surface area contributed by atoms with Crippen molar-refractivity contribution in [2.75, 3.05) is 113 Å². The first-order valence-electron chi connectivity index (χ1n) is 34.3. The summed E-state index contributed by atoms with van der Waals surface area (Å²) in [5.74, 6) is -7.60. The van der Waals surface area contributed by atoms with Crippen LogP contribution in [0.2, 0.25) is 0 Å². The van der Waals surface area contributed by atoms with Crippen LogP contribution in [0.3, 0.4) is 0 Å². The number of phenols is 1. The smallest absolute Gasteiger partial charge is 0.248 e. The number of phenolic OH excluding ortho intramolecular Hbond substituents is 1. The van der Waals surface area contributed by atoms with E-state index in [0.717, 1.165) is 48.3 Å². The third kappa shape index (κ3) is 30.1. The van der Waals surface area contributed by atoms with Gasteiger partial charge in [0.05, 0.1) is 135 Å². The van der Waals surface area contributed by atoms with Crippen LogP contribution < -0.4 is 27.0 Å². The molecule has 0 bridgehead atoms. The highest BCUT2D eigenvalue weighted by Crippen LogP contribution is 2.33. The van der Waals surface area contributed by atoms with Gasteiger partial charge in [0.1, 0.15) is 42.1 Å². The molecule has 3 heterocycles. The number of hydrogen-bond acceptors (Lipinski definition) is 24. The Labute approximate surface area is 569 Å². The summed E-state index contributed by atoms with van der Waals surface area (Å²) in [5.41, 5.74) is 5.13. The molecule has 7 unspecified atom stereocenters. The second-order valence-corrected chi connectivity index (χ2v) is 25.5. The molecule has 1 aromatic carbocycles. The lowest BCUT2D eigenvalue weighted by molar-refractivity contribution is -0.149. The summed E-state index contributed by atoms with van der Waals surface area (Å²) in [5, 5.41) is 102. The van der Waals surface area contributed by atoms with Crippen molar-refractivity contribution < 1.29 is 112 Å². The first kappa shape index (κ1) is 83.9. The van der Waals surface area contributed by atoms with Gasteiger partial charge >= 0.3 is 0 Å². The van der Waals surface area contributed by atoms with Crippen LogP contribution >= 0.6 is 0 Å². The SMILES string of the molecule is C=C1NC([C@H](O)CC(N)=O)C(=O)N2CC[C@H](O)C2C(=O)N[C@H](OCCOCCOCCOCCOCCOCCOCCOC)[C@H](O)C[C@H](NC(=O)CCCCCCCCC(C)CC(C)CC)C(=O)NC([C@@H](C)O)C(=O)N2C[C@H](O)CC2C(=O)CC1[C@H](O)[C@@H](O)c1ccc(O)cc1. The number of nitrogens with two attached hydrogens (primary N) is 1. The van der Waals surface area contributed by atoms with Gasteiger partial charge in [0, 0.05) is 57.5 Å². The van der Waals surface area contributed by atoms with Crippen LogP contribution in [-0.4, -0.2) is 278 Å². The minimum Gasteiger partial charge on any atom is -0.508 e. The van der Waals surface area contributed by atoms with Gasteiger partial charge < -0.3 is 116 Å². The molecule has 3 aliphatic rings. The number of benzene rings is 1. The molecule has 0 aromatic heterocycles. The van der Waals surface area contributed by atoms with E-state index in [1.807, 2.05) is 0 Å². The zero-order valence-electron chi connectivity index (χ0n) is 57.3. The summed E-state index contributed by atoms with van der Waals surface area (Å²) in [7, 11) is 1.60. The van der Waals surface area contributed by atoms with Gasteiger partial charge in [-0.1, -0.05) is 84.4 Å². The number of Topliss-reactive ketones (excluding diaryl/α,β-unsaturated/α-hetero) is 1. The van der Waals surface area contributed by atoms with Crippen LogP contribution in [0.25, 0.3) is 0 Å². The fourth-order valence-electron chi connectivity index (χ4n) is 11.9. The van der Waals surface area contributed by atoms with Crippen LogP contribution in [0.15, 0.2) is 36.5 Å². The number of amides is 6. The molecule has 30 nitrogen and oxygen atoms in total. The van der Waals surface area contributed by atoms with Crippen LogP contribution in [0.1, 0.15) is 136 Å². The van der Waals surface area contributed by atoms with E-state index in [2.05, 4.69) is 48.6 Å². The van der Waals surface area contributed by atoms with Crippen LogP contribution in [0.5, 0.6) is 5.75 Å². The number of ether oxygens (including phenoxy) is 8. The van der Waals surface area contributed by atoms with Gasteiger partial charge in [-0.05, 0) is 55.7 Å². The average molecular weight is 1380 g/mol. The minimum atomic E-state index is -2.03. The average Bonchev–Trinajstić information content (AvgIpc) is 1.62. The topological polar surface area (TPSA) is 436 Å². The van der Waals surface area contributed by atoms with E-state index in [1.54, 1.807) is 7.11 Å². The Morgan fingerprint density at radius 2 is 1.23 bits per heavy atom. The van der Waals surface area contributed by atoms with Gasteiger partial charge in [-0.15, -0.1) is 0 Å². The van der Waals surface area contributed by atoms with E-state index in [4.69, 9.17) is 43.6 Å². The van der Waals surface area contributed by atoms with E-state index < -0.39 is 164 Å². The van der Waals surface area contributed by atoms with Crippen LogP contribution in [-0.2, 0) is 71.5 Å². The van der Waals surface area contributed by atoms with Crippen LogP contribution in [0, 0.1) is 17.8 Å². The fraction of sp³-hybridized carbons (Fsp3) is 0.776. The summed E-state index contributed by atoms with van der Waals surface area (Å²) in [6.45, 7) is 14.5. The lowest BCUT2D eigenvalue weighted by Gasteiger charge is -2.36. The maximum Gasteiger partial charge on any atom is 0.248 e. The van der Waals surface area contributed by atoms with Crippen molar-refractivity contribution in [1.29, 1.82) is 0 Å². The normalized spacial score (nSPS) is 25.2. The first-order chi connectivity index (χ1) is 46.4. The van der Waals surface area contributed by atoms with Crippen molar-refractivity contribution >= 4 is 41.2 Å². The number of aliphatic hydroxyl groups is 7. The molecule has 0 radical (unpaired) electrons. The highest BCUT2D eigenvalue weighted by Gasteiger charge is 2.48. The number of carbonyl (C=O) groups is 7. The molecule has 554 valence electrons. The summed E-state index contributed by atoms with van der Waals surface area (Å²) in [6.07, 6.45) is -9.02. The maximum absolute atomic E-state index is 15.0. The molecule has 0 aliphatic carbocycles. The van der Waals surface area contributed by atoms with Crippen molar-refractivity contribution in [2.45, 2.75) is 203 Å². The number of unbranched alkanes of at least 4 members (excludes halogenated alkanes) is 5. The van der Waals surface area contributed by atoms with E-state index in [-0.39, 0.29) is 70.3 Å². The molecule has 3 saturated heterocycles. The van der Waals surface area contributed by atoms with Gasteiger partial charge in [0.15, 0.2) is 12.0 Å². The third-order valence-electron chi connectivity index (χ3n) is 17.6. The number of rotatable bonds is 42. The Morgan fingerprint density at radius 3 is 1.78 bits per heavy atom. The predicted molar refractivity (Wildman–Crippen MR) is 351 cm³/mol. The molecule has 97 heavy (non-hydrogen) atoms. The molecule has 30 heteroatoms. The summed E-state index contributed by atoms with van der Waals surface area (Å²) < 4.78 is 44.1. The van der Waals surface area contributed by atoms with Crippen molar-refractivity contribution in [1.82, 2.24) is 31.1 Å². The zero-order valence-corrected chi connectivity index (χ0v) is 57.3. The van der Waals surface area contributed by atoms with Gasteiger partial charge in [0.2, 0.25) is 35.4 Å². The minimum absolute atomic E-state index is 0.0300. The number of aromatic hydroxyl groups is 1. The van der Waals surface area contributed by atoms with Crippen molar-refractivity contribution in [2.24, 2.45) is 23.5 Å². The largest absolute Gasteiger partial charge is 0.508 e. The third-order valence-corrected chi connectivity index (χ3v) is 17.6. The Hall–Kier alpha value is -5.55. The van der Waals surface area contributed by atoms with Crippen LogP contribution in [0.4, 0.5) is 0 Å². The van der Waals surface area contributed by atoms with Gasteiger partial charge in [-0.3, -0.25) is 33.6 Å². The molecular formula is C67H113N7O23. The number of fused-ring (bicyclic) bond motifs is 2. The highest BCUT2D eigenvalue weighted by atomic mass is 16.6. The number of nitrogens with one attached hydrogen (secondary N) is 4. The lowest BCUT2D eigenvalue weighted by atomic mass is 9.85. The van der Waals surface area contributed by atoms with Gasteiger partial charge in [0.25, 0.3) is 0 Å². The molecule has 16 atom stereocenters. The number of methoxy groups -OCH3 is 1. The van der Waals surface area contributed by atoms with E-state index in [1.165, 1.54) is 37.6 Å². The Morgan fingerprint density at radius 1 is 0.680 bits per heavy atom. The monoisotopic (exact) mass is 1380 g/mol. The molecular weight excluding hydrogens is 1270 g/mol. The molecule has 3 fully saturated rings. The maximum atomic E-state index is 15.0. The summed E-state index contributed by atoms with van der Waals surface area (Å²) in [6, 6.07) is -3.97. The number of nitrogens with zero attached hydrogens (tertiary/aromatic N) is 2. The fourth-order valence-corrected chi connectivity index (χ4v) is 11.9. The number of aliphatic hydroxyl groups excluding tert-OH is 7. The Balaban J connectivity index is 1.63. The molecule has 14 N–H and O–H groups in total. The van der Waals surface area contributed by atoms with Crippen molar-refractivity contribution in [3.8, 4) is 5.75 Å². The molecule has 6 amide bonds. The number of carbonyl (C=O) groups excluding carboxylic acids is 7. The summed E-state index contributed by atoms with van der Waals surface area (Å²) in [4.78, 5) is 102. The predicted octanol–water partition coefficient (Wildman–Crippen LogP) is -0.493. The quantitative estimate of drug-likeness (QED) is 0.0367. The van der Waals surface area contributed by atoms with E-state index in [9.17, 15) is 74.4 Å². The second-order valence-electron chi connectivity index (χ2n) is 25.5. The molecule has 0 spiro atoms. The van der Waals surface area contributed by atoms with Gasteiger partial charge in [-0.25, -0.2) is 0 Å². The molecule has 3 aliphatic heterocycles. The standard InChI is InChI=1S/C67H113N7O23/c1-7-42(2)36-43(3)14-12-10-8-9-11-13-15-57(83)70-50-39-55(81)65(97-35-34-96-33-32-95-31-30-94-29-28-93-27-26-92-25-24-91-23-22-90-6)72-64(87)60-52(78)20-21-73(60)67(89)59(54(80)40-56(68)82)69-44(4)49(62(85)61(84)46-16-18-47(76)19-17-46)38-53(79)51-37-48(77)41-74(51)66(88)58(45(5)75)71-63(50)86/h16-19,42-43,45,48-52,54-55,58-62,65,69,75-78,80-81,84-85H,4,7-15,20-41H2,1-3,5-6H3,(H2,68,82)(H,70,83)(H,71,86)(H,72,87)/t42?,43?,45-,48-,49?,50+,51?,52+,54-,55-,58?,59?,60?,61+,62+,65-/m1/s1. The Kier molecular flexibility index (Phi) is 39.8. The molecule has 4 rings (SSSR count).